The summed E-state index contributed by atoms with van der Waals surface area (Å²) in [6.45, 7) is 0. The first kappa shape index (κ1) is 11.2. The van der Waals surface area contributed by atoms with Crippen LogP contribution in [0.1, 0.15) is 17.3 Å². The van der Waals surface area contributed by atoms with Crippen LogP contribution in [0.4, 0.5) is 5.69 Å². The number of anilines is 1. The zero-order valence-corrected chi connectivity index (χ0v) is 10.6. The Morgan fingerprint density at radius 2 is 1.94 bits per heavy atom. The Morgan fingerprint density at radius 1 is 1.11 bits per heavy atom. The van der Waals surface area contributed by atoms with E-state index in [9.17, 15) is 4.79 Å². The number of para-hydroxylation sites is 1. The molecule has 1 aromatic carbocycles. The van der Waals surface area contributed by atoms with Crippen LogP contribution in [0.25, 0.3) is 0 Å². The fourth-order valence-corrected chi connectivity index (χ4v) is 3.03. The molecule has 2 nitrogen and oxygen atoms in total. The highest BCUT2D eigenvalue weighted by molar-refractivity contribution is 7.10. The topological polar surface area (TPSA) is 20.3 Å². The van der Waals surface area contributed by atoms with E-state index in [0.717, 1.165) is 5.69 Å². The zero-order chi connectivity index (χ0) is 12.4. The van der Waals surface area contributed by atoms with E-state index in [1.54, 1.807) is 17.4 Å². The molecule has 0 bridgehead atoms. The molecule has 90 valence electrons. The predicted octanol–water partition coefficient (Wildman–Crippen LogP) is 3.78. The highest BCUT2D eigenvalue weighted by Crippen LogP contribution is 2.34. The van der Waals surface area contributed by atoms with Crippen LogP contribution < -0.4 is 4.90 Å². The van der Waals surface area contributed by atoms with Gasteiger partial charge in [0.1, 0.15) is 0 Å². The summed E-state index contributed by atoms with van der Waals surface area (Å²) < 4.78 is 0. The first-order valence-corrected chi connectivity index (χ1v) is 6.80. The smallest absolute Gasteiger partial charge is 0.159 e. The number of carbonyl (C=O) groups excluding carboxylic acids is 1. The Bertz CT molecular complexity index is 559. The molecule has 0 saturated carbocycles. The van der Waals surface area contributed by atoms with E-state index in [1.165, 1.54) is 4.88 Å². The number of hydrogen-bond donors (Lipinski definition) is 0. The van der Waals surface area contributed by atoms with Crippen molar-refractivity contribution in [2.45, 2.75) is 12.5 Å². The summed E-state index contributed by atoms with van der Waals surface area (Å²) in [6.07, 6.45) is 4.11. The summed E-state index contributed by atoms with van der Waals surface area (Å²) in [7, 11) is 0. The normalized spacial score (nSPS) is 19.2. The third kappa shape index (κ3) is 2.09. The van der Waals surface area contributed by atoms with Gasteiger partial charge in [0.15, 0.2) is 5.78 Å². The SMILES string of the molecule is O=C1C=CN(c2ccccc2)C(c2cccs2)C1. The lowest BCUT2D eigenvalue weighted by molar-refractivity contribution is -0.115. The third-order valence-corrected chi connectivity index (χ3v) is 4.05. The van der Waals surface area contributed by atoms with Crippen molar-refractivity contribution in [1.29, 1.82) is 0 Å². The summed E-state index contributed by atoms with van der Waals surface area (Å²) in [6, 6.07) is 14.4. The van der Waals surface area contributed by atoms with Crippen LogP contribution in [-0.4, -0.2) is 5.78 Å². The third-order valence-electron chi connectivity index (χ3n) is 3.08. The van der Waals surface area contributed by atoms with Crippen LogP contribution in [0.5, 0.6) is 0 Å². The summed E-state index contributed by atoms with van der Waals surface area (Å²) in [5.41, 5.74) is 1.12. The highest BCUT2D eigenvalue weighted by Gasteiger charge is 2.25. The molecule has 1 aliphatic rings. The van der Waals surface area contributed by atoms with Crippen LogP contribution in [0, 0.1) is 0 Å². The van der Waals surface area contributed by atoms with Gasteiger partial charge in [-0.25, -0.2) is 0 Å². The monoisotopic (exact) mass is 255 g/mol. The molecule has 3 heteroatoms. The zero-order valence-electron chi connectivity index (χ0n) is 9.82. The lowest BCUT2D eigenvalue weighted by Crippen LogP contribution is -2.28. The standard InChI is InChI=1S/C15H13NOS/c17-13-8-9-16(12-5-2-1-3-6-12)14(11-13)15-7-4-10-18-15/h1-10,14H,11H2. The minimum atomic E-state index is 0.130. The Labute approximate surface area is 110 Å². The van der Waals surface area contributed by atoms with Crippen LogP contribution in [0.15, 0.2) is 60.1 Å². The molecule has 0 radical (unpaired) electrons. The lowest BCUT2D eigenvalue weighted by Gasteiger charge is -2.32. The molecular weight excluding hydrogens is 242 g/mol. The second-order valence-electron chi connectivity index (χ2n) is 4.26. The van der Waals surface area contributed by atoms with E-state index < -0.39 is 0 Å². The Hall–Kier alpha value is -1.87. The average Bonchev–Trinajstić information content (AvgIpc) is 2.93. The van der Waals surface area contributed by atoms with Gasteiger partial charge in [-0.05, 0) is 29.7 Å². The van der Waals surface area contributed by atoms with E-state index in [-0.39, 0.29) is 11.8 Å². The number of carbonyl (C=O) groups is 1. The summed E-state index contributed by atoms with van der Waals surface area (Å²) in [5.74, 6) is 0.195. The largest absolute Gasteiger partial charge is 0.339 e. The number of hydrogen-bond acceptors (Lipinski definition) is 3. The molecule has 0 saturated heterocycles. The fourth-order valence-electron chi connectivity index (χ4n) is 2.21. The van der Waals surface area contributed by atoms with Crippen molar-refractivity contribution in [3.8, 4) is 0 Å². The van der Waals surface area contributed by atoms with E-state index in [2.05, 4.69) is 28.5 Å². The van der Waals surface area contributed by atoms with Crippen LogP contribution in [0.3, 0.4) is 0 Å². The van der Waals surface area contributed by atoms with Crippen LogP contribution in [-0.2, 0) is 4.79 Å². The van der Waals surface area contributed by atoms with Crippen molar-refractivity contribution in [3.63, 3.8) is 0 Å². The molecule has 18 heavy (non-hydrogen) atoms. The summed E-state index contributed by atoms with van der Waals surface area (Å²) >= 11 is 1.70. The number of rotatable bonds is 2. The molecule has 0 fully saturated rings. The average molecular weight is 255 g/mol. The van der Waals surface area contributed by atoms with Crippen molar-refractivity contribution >= 4 is 22.8 Å². The van der Waals surface area contributed by atoms with Crippen LogP contribution in [0.2, 0.25) is 0 Å². The van der Waals surface area contributed by atoms with E-state index in [4.69, 9.17) is 0 Å². The van der Waals surface area contributed by atoms with E-state index in [1.807, 2.05) is 30.5 Å². The van der Waals surface area contributed by atoms with Gasteiger partial charge in [-0.1, -0.05) is 24.3 Å². The summed E-state index contributed by atoms with van der Waals surface area (Å²) in [4.78, 5) is 15.0. The Kier molecular flexibility index (Phi) is 2.99. The quantitative estimate of drug-likeness (QED) is 0.814. The molecule has 1 atom stereocenters. The number of nitrogens with zero attached hydrogens (tertiary/aromatic N) is 1. The fraction of sp³-hybridized carbons (Fsp3) is 0.133. The van der Waals surface area contributed by atoms with Gasteiger partial charge in [-0.15, -0.1) is 11.3 Å². The van der Waals surface area contributed by atoms with Crippen molar-refractivity contribution < 1.29 is 4.79 Å². The minimum Gasteiger partial charge on any atom is -0.339 e. The van der Waals surface area contributed by atoms with Gasteiger partial charge in [-0.3, -0.25) is 4.79 Å². The van der Waals surface area contributed by atoms with E-state index >= 15 is 0 Å². The lowest BCUT2D eigenvalue weighted by atomic mass is 10.0. The molecule has 1 aliphatic heterocycles. The molecule has 0 spiro atoms. The second kappa shape index (κ2) is 4.78. The van der Waals surface area contributed by atoms with Gasteiger partial charge in [0.05, 0.1) is 6.04 Å². The molecule has 0 amide bonds. The van der Waals surface area contributed by atoms with Crippen LogP contribution >= 0.6 is 11.3 Å². The van der Waals surface area contributed by atoms with Gasteiger partial charge in [0, 0.05) is 23.2 Å². The first-order chi connectivity index (χ1) is 8.84. The van der Waals surface area contributed by atoms with Crippen molar-refractivity contribution in [2.75, 3.05) is 4.90 Å². The summed E-state index contributed by atoms with van der Waals surface area (Å²) in [5, 5.41) is 2.06. The highest BCUT2D eigenvalue weighted by atomic mass is 32.1. The van der Waals surface area contributed by atoms with E-state index in [0.29, 0.717) is 6.42 Å². The molecule has 3 rings (SSSR count). The van der Waals surface area contributed by atoms with Gasteiger partial charge in [0.25, 0.3) is 0 Å². The number of benzene rings is 1. The van der Waals surface area contributed by atoms with Gasteiger partial charge < -0.3 is 4.90 Å². The number of ketones is 1. The maximum Gasteiger partial charge on any atom is 0.159 e. The predicted molar refractivity (Wildman–Crippen MR) is 74.7 cm³/mol. The maximum absolute atomic E-state index is 11.6. The molecule has 0 aliphatic carbocycles. The molecule has 1 unspecified atom stereocenters. The molecule has 1 aromatic heterocycles. The maximum atomic E-state index is 11.6. The number of thiophene rings is 1. The van der Waals surface area contributed by atoms with Gasteiger partial charge in [-0.2, -0.15) is 0 Å². The molecule has 2 aromatic rings. The van der Waals surface area contributed by atoms with Crippen molar-refractivity contribution in [2.24, 2.45) is 0 Å². The molecule has 0 N–H and O–H groups in total. The Balaban J connectivity index is 2.00. The Morgan fingerprint density at radius 3 is 2.67 bits per heavy atom. The van der Waals surface area contributed by atoms with Crippen molar-refractivity contribution in [1.82, 2.24) is 0 Å². The first-order valence-electron chi connectivity index (χ1n) is 5.92. The minimum absolute atomic E-state index is 0.130. The number of allylic oxidation sites excluding steroid dienone is 1. The van der Waals surface area contributed by atoms with Gasteiger partial charge in [0.2, 0.25) is 0 Å². The molecular formula is C15H13NOS. The molecule has 2 heterocycles. The van der Waals surface area contributed by atoms with Crippen molar-refractivity contribution in [3.05, 3.63) is 65.0 Å². The van der Waals surface area contributed by atoms with Gasteiger partial charge >= 0.3 is 0 Å². The second-order valence-corrected chi connectivity index (χ2v) is 5.24.